The van der Waals surface area contributed by atoms with Gasteiger partial charge in [0.15, 0.2) is 0 Å². The molecule has 7 heteroatoms. The SMILES string of the molecule is COC(=O)c1ccnc(CNC(=O)c2cc(C)nn2C)c1. The Morgan fingerprint density at radius 1 is 1.38 bits per heavy atom. The Labute approximate surface area is 121 Å². The minimum absolute atomic E-state index is 0.216. The van der Waals surface area contributed by atoms with Gasteiger partial charge in [-0.1, -0.05) is 0 Å². The Kier molecular flexibility index (Phi) is 4.32. The van der Waals surface area contributed by atoms with Gasteiger partial charge in [-0.15, -0.1) is 0 Å². The summed E-state index contributed by atoms with van der Waals surface area (Å²) < 4.78 is 6.16. The van der Waals surface area contributed by atoms with Gasteiger partial charge in [0.05, 0.1) is 30.6 Å². The molecule has 0 spiro atoms. The van der Waals surface area contributed by atoms with Gasteiger partial charge in [-0.05, 0) is 25.1 Å². The van der Waals surface area contributed by atoms with Gasteiger partial charge in [0.1, 0.15) is 5.69 Å². The summed E-state index contributed by atoms with van der Waals surface area (Å²) in [6.45, 7) is 2.03. The van der Waals surface area contributed by atoms with Crippen LogP contribution in [0, 0.1) is 6.92 Å². The summed E-state index contributed by atoms with van der Waals surface area (Å²) in [5.41, 5.74) is 2.21. The monoisotopic (exact) mass is 288 g/mol. The van der Waals surface area contributed by atoms with E-state index in [-0.39, 0.29) is 12.5 Å². The third kappa shape index (κ3) is 3.44. The fraction of sp³-hybridized carbons (Fsp3) is 0.286. The fourth-order valence-corrected chi connectivity index (χ4v) is 1.90. The molecule has 0 fully saturated rings. The van der Waals surface area contributed by atoms with E-state index in [9.17, 15) is 9.59 Å². The van der Waals surface area contributed by atoms with Crippen LogP contribution in [0.5, 0.6) is 0 Å². The number of ether oxygens (including phenoxy) is 1. The average molecular weight is 288 g/mol. The lowest BCUT2D eigenvalue weighted by Crippen LogP contribution is -2.25. The predicted octanol–water partition coefficient (Wildman–Crippen LogP) is 0.840. The number of hydrogen-bond acceptors (Lipinski definition) is 5. The van der Waals surface area contributed by atoms with E-state index in [4.69, 9.17) is 0 Å². The molecule has 2 aromatic rings. The summed E-state index contributed by atoms with van der Waals surface area (Å²) in [5, 5.41) is 6.85. The van der Waals surface area contributed by atoms with E-state index in [1.807, 2.05) is 6.92 Å². The molecular weight excluding hydrogens is 272 g/mol. The van der Waals surface area contributed by atoms with Crippen molar-refractivity contribution < 1.29 is 14.3 Å². The van der Waals surface area contributed by atoms with E-state index >= 15 is 0 Å². The third-order valence-corrected chi connectivity index (χ3v) is 2.90. The van der Waals surface area contributed by atoms with Crippen LogP contribution in [0.4, 0.5) is 0 Å². The molecule has 0 radical (unpaired) electrons. The molecule has 2 aromatic heterocycles. The van der Waals surface area contributed by atoms with Crippen molar-refractivity contribution in [1.29, 1.82) is 0 Å². The zero-order chi connectivity index (χ0) is 15.4. The fourth-order valence-electron chi connectivity index (χ4n) is 1.90. The van der Waals surface area contributed by atoms with Crippen LogP contribution in [0.3, 0.4) is 0 Å². The first-order valence-electron chi connectivity index (χ1n) is 6.33. The predicted molar refractivity (Wildman–Crippen MR) is 74.7 cm³/mol. The molecule has 0 unspecified atom stereocenters. The van der Waals surface area contributed by atoms with Crippen molar-refractivity contribution >= 4 is 11.9 Å². The zero-order valence-corrected chi connectivity index (χ0v) is 12.1. The number of methoxy groups -OCH3 is 1. The highest BCUT2D eigenvalue weighted by Gasteiger charge is 2.12. The van der Waals surface area contributed by atoms with E-state index < -0.39 is 5.97 Å². The van der Waals surface area contributed by atoms with Gasteiger partial charge in [-0.3, -0.25) is 14.5 Å². The highest BCUT2D eigenvalue weighted by Crippen LogP contribution is 2.05. The molecule has 0 aliphatic heterocycles. The van der Waals surface area contributed by atoms with Gasteiger partial charge < -0.3 is 10.1 Å². The normalized spacial score (nSPS) is 10.2. The second-order valence-electron chi connectivity index (χ2n) is 4.50. The van der Waals surface area contributed by atoms with Gasteiger partial charge in [0.25, 0.3) is 5.91 Å². The molecule has 1 N–H and O–H groups in total. The Bertz CT molecular complexity index is 679. The van der Waals surface area contributed by atoms with Gasteiger partial charge in [0, 0.05) is 13.2 Å². The molecule has 0 atom stereocenters. The molecule has 0 saturated heterocycles. The summed E-state index contributed by atoms with van der Waals surface area (Å²) in [6.07, 6.45) is 1.50. The maximum Gasteiger partial charge on any atom is 0.337 e. The van der Waals surface area contributed by atoms with Crippen molar-refractivity contribution in [3.05, 3.63) is 47.0 Å². The van der Waals surface area contributed by atoms with E-state index in [0.29, 0.717) is 17.0 Å². The number of nitrogens with zero attached hydrogens (tertiary/aromatic N) is 3. The van der Waals surface area contributed by atoms with Crippen LogP contribution in [0.2, 0.25) is 0 Å². The number of esters is 1. The molecule has 7 nitrogen and oxygen atoms in total. The summed E-state index contributed by atoms with van der Waals surface area (Å²) in [4.78, 5) is 27.6. The van der Waals surface area contributed by atoms with E-state index in [1.165, 1.54) is 18.0 Å². The molecule has 2 rings (SSSR count). The number of aromatic nitrogens is 3. The molecule has 1 amide bonds. The summed E-state index contributed by atoms with van der Waals surface area (Å²) in [7, 11) is 3.02. The van der Waals surface area contributed by atoms with Crippen LogP contribution in [0.25, 0.3) is 0 Å². The standard InChI is InChI=1S/C14H16N4O3/c1-9-6-12(18(2)17-9)13(19)16-8-11-7-10(4-5-15-11)14(20)21-3/h4-7H,8H2,1-3H3,(H,16,19). The van der Waals surface area contributed by atoms with Crippen molar-refractivity contribution in [1.82, 2.24) is 20.1 Å². The molecule has 110 valence electrons. The second-order valence-corrected chi connectivity index (χ2v) is 4.50. The Hall–Kier alpha value is -2.70. The van der Waals surface area contributed by atoms with Crippen LogP contribution in [-0.2, 0) is 18.3 Å². The number of aryl methyl sites for hydroxylation is 2. The van der Waals surface area contributed by atoms with Gasteiger partial charge in [-0.25, -0.2) is 4.79 Å². The van der Waals surface area contributed by atoms with Crippen LogP contribution in [-0.4, -0.2) is 33.8 Å². The topological polar surface area (TPSA) is 86.1 Å². The molecular formula is C14H16N4O3. The highest BCUT2D eigenvalue weighted by molar-refractivity contribution is 5.92. The van der Waals surface area contributed by atoms with Crippen LogP contribution in [0.15, 0.2) is 24.4 Å². The molecule has 21 heavy (non-hydrogen) atoms. The van der Waals surface area contributed by atoms with Gasteiger partial charge >= 0.3 is 5.97 Å². The van der Waals surface area contributed by atoms with Gasteiger partial charge in [0.2, 0.25) is 0 Å². The highest BCUT2D eigenvalue weighted by atomic mass is 16.5. The maximum absolute atomic E-state index is 12.0. The zero-order valence-electron chi connectivity index (χ0n) is 12.1. The number of carbonyl (C=O) groups is 2. The van der Waals surface area contributed by atoms with Crippen molar-refractivity contribution in [3.63, 3.8) is 0 Å². The lowest BCUT2D eigenvalue weighted by atomic mass is 10.2. The van der Waals surface area contributed by atoms with E-state index in [2.05, 4.69) is 20.1 Å². The Balaban J connectivity index is 2.04. The molecule has 0 aliphatic carbocycles. The summed E-state index contributed by atoms with van der Waals surface area (Å²) >= 11 is 0. The van der Waals surface area contributed by atoms with E-state index in [0.717, 1.165) is 5.69 Å². The summed E-state index contributed by atoms with van der Waals surface area (Å²) in [6, 6.07) is 4.84. The molecule has 2 heterocycles. The number of amides is 1. The van der Waals surface area contributed by atoms with Crippen molar-refractivity contribution in [2.75, 3.05) is 7.11 Å². The van der Waals surface area contributed by atoms with Crippen molar-refractivity contribution in [2.45, 2.75) is 13.5 Å². The average Bonchev–Trinajstić information content (AvgIpc) is 2.83. The Morgan fingerprint density at radius 3 is 2.76 bits per heavy atom. The molecule has 0 saturated carbocycles. The summed E-state index contributed by atoms with van der Waals surface area (Å²) in [5.74, 6) is -0.685. The van der Waals surface area contributed by atoms with Crippen molar-refractivity contribution in [2.24, 2.45) is 7.05 Å². The second kappa shape index (κ2) is 6.17. The number of rotatable bonds is 4. The Morgan fingerprint density at radius 2 is 2.14 bits per heavy atom. The van der Waals surface area contributed by atoms with E-state index in [1.54, 1.807) is 25.2 Å². The lowest BCUT2D eigenvalue weighted by molar-refractivity contribution is 0.0600. The largest absolute Gasteiger partial charge is 0.465 e. The quantitative estimate of drug-likeness (QED) is 0.843. The number of pyridine rings is 1. The maximum atomic E-state index is 12.0. The third-order valence-electron chi connectivity index (χ3n) is 2.90. The number of hydrogen-bond donors (Lipinski definition) is 1. The minimum atomic E-state index is -0.438. The van der Waals surface area contributed by atoms with Crippen molar-refractivity contribution in [3.8, 4) is 0 Å². The van der Waals surface area contributed by atoms with Crippen LogP contribution >= 0.6 is 0 Å². The molecule has 0 aromatic carbocycles. The van der Waals surface area contributed by atoms with Crippen LogP contribution in [0.1, 0.15) is 32.2 Å². The lowest BCUT2D eigenvalue weighted by Gasteiger charge is -2.06. The first kappa shape index (κ1) is 14.7. The minimum Gasteiger partial charge on any atom is -0.465 e. The number of nitrogens with one attached hydrogen (secondary N) is 1. The smallest absolute Gasteiger partial charge is 0.337 e. The van der Waals surface area contributed by atoms with Gasteiger partial charge in [-0.2, -0.15) is 5.10 Å². The first-order valence-corrected chi connectivity index (χ1v) is 6.33. The molecule has 0 aliphatic rings. The first-order chi connectivity index (χ1) is 10.0. The molecule has 0 bridgehead atoms. The van der Waals surface area contributed by atoms with Crippen LogP contribution < -0.4 is 5.32 Å². The number of carbonyl (C=O) groups excluding carboxylic acids is 2.